The summed E-state index contributed by atoms with van der Waals surface area (Å²) < 4.78 is 2.36. The predicted molar refractivity (Wildman–Crippen MR) is 96.1 cm³/mol. The van der Waals surface area contributed by atoms with Gasteiger partial charge in [0.1, 0.15) is 0 Å². The zero-order valence-corrected chi connectivity index (χ0v) is 14.2. The average Bonchev–Trinajstić information content (AvgIpc) is 2.92. The molecule has 0 saturated carbocycles. The molecule has 2 nitrogen and oxygen atoms in total. The van der Waals surface area contributed by atoms with Crippen molar-refractivity contribution < 1.29 is 0 Å². The van der Waals surface area contributed by atoms with E-state index in [-0.39, 0.29) is 6.04 Å². The number of nitrogens with one attached hydrogen (secondary N) is 1. The molecule has 0 amide bonds. The van der Waals surface area contributed by atoms with Crippen LogP contribution < -0.4 is 11.1 Å². The van der Waals surface area contributed by atoms with E-state index in [2.05, 4.69) is 76.0 Å². The summed E-state index contributed by atoms with van der Waals surface area (Å²) in [5, 5.41) is 7.06. The van der Waals surface area contributed by atoms with Crippen LogP contribution in [0.3, 0.4) is 0 Å². The van der Waals surface area contributed by atoms with Gasteiger partial charge in [-0.15, -0.1) is 11.3 Å². The Bertz CT molecular complexity index is 766. The van der Waals surface area contributed by atoms with Gasteiger partial charge in [-0.05, 0) is 62.9 Å². The van der Waals surface area contributed by atoms with Crippen LogP contribution in [0.15, 0.2) is 52.3 Å². The monoisotopic (exact) mass is 360 g/mol. The maximum absolute atomic E-state index is 6.02. The third-order valence-electron chi connectivity index (χ3n) is 3.57. The molecule has 0 fully saturated rings. The number of thiophene rings is 1. The van der Waals surface area contributed by atoms with Crippen molar-refractivity contribution in [2.75, 3.05) is 11.9 Å². The molecule has 1 unspecified atom stereocenters. The first kappa shape index (κ1) is 14.6. The fourth-order valence-corrected chi connectivity index (χ4v) is 3.85. The zero-order valence-electron chi connectivity index (χ0n) is 11.8. The number of benzene rings is 2. The Morgan fingerprint density at radius 3 is 2.86 bits per heavy atom. The molecule has 3 rings (SSSR count). The highest BCUT2D eigenvalue weighted by Gasteiger charge is 2.15. The molecule has 1 aromatic heterocycles. The van der Waals surface area contributed by atoms with E-state index in [0.29, 0.717) is 6.54 Å². The second-order valence-corrected chi connectivity index (χ2v) is 6.87. The topological polar surface area (TPSA) is 38.0 Å². The average molecular weight is 361 g/mol. The molecule has 0 spiro atoms. The predicted octanol–water partition coefficient (Wildman–Crippen LogP) is 5.08. The van der Waals surface area contributed by atoms with Gasteiger partial charge in [0, 0.05) is 21.4 Å². The van der Waals surface area contributed by atoms with Crippen LogP contribution in [0.25, 0.3) is 10.1 Å². The molecule has 0 saturated heterocycles. The van der Waals surface area contributed by atoms with E-state index in [1.54, 1.807) is 11.3 Å². The lowest BCUT2D eigenvalue weighted by Gasteiger charge is -2.19. The Kier molecular flexibility index (Phi) is 4.29. The molecule has 0 bridgehead atoms. The normalized spacial score (nSPS) is 12.5. The van der Waals surface area contributed by atoms with Gasteiger partial charge in [-0.2, -0.15) is 0 Å². The summed E-state index contributed by atoms with van der Waals surface area (Å²) in [4.78, 5) is 0. The van der Waals surface area contributed by atoms with Crippen molar-refractivity contribution in [1.29, 1.82) is 0 Å². The van der Waals surface area contributed by atoms with Crippen molar-refractivity contribution in [2.45, 2.75) is 13.0 Å². The maximum atomic E-state index is 6.02. The van der Waals surface area contributed by atoms with Crippen LogP contribution in [0.1, 0.15) is 17.2 Å². The van der Waals surface area contributed by atoms with Gasteiger partial charge in [0.05, 0.1) is 6.04 Å². The first-order valence-corrected chi connectivity index (χ1v) is 8.55. The van der Waals surface area contributed by atoms with Crippen LogP contribution in [-0.2, 0) is 0 Å². The minimum atomic E-state index is 0.110. The van der Waals surface area contributed by atoms with Gasteiger partial charge in [0.2, 0.25) is 0 Å². The quantitative estimate of drug-likeness (QED) is 0.680. The van der Waals surface area contributed by atoms with Crippen LogP contribution in [0.2, 0.25) is 0 Å². The molecule has 3 N–H and O–H groups in total. The van der Waals surface area contributed by atoms with Crippen molar-refractivity contribution in [3.05, 3.63) is 63.4 Å². The van der Waals surface area contributed by atoms with Crippen molar-refractivity contribution >= 4 is 43.0 Å². The van der Waals surface area contributed by atoms with Crippen molar-refractivity contribution in [3.63, 3.8) is 0 Å². The third kappa shape index (κ3) is 2.98. The lowest BCUT2D eigenvalue weighted by atomic mass is 10.1. The highest BCUT2D eigenvalue weighted by Crippen LogP contribution is 2.33. The SMILES string of the molecule is Cc1ccc(Br)c(NC(CN)c2csc3ccccc23)c1. The summed E-state index contributed by atoms with van der Waals surface area (Å²) in [5.74, 6) is 0. The van der Waals surface area contributed by atoms with Crippen molar-refractivity contribution in [3.8, 4) is 0 Å². The Morgan fingerprint density at radius 2 is 2.05 bits per heavy atom. The van der Waals surface area contributed by atoms with Crippen LogP contribution in [0.5, 0.6) is 0 Å². The minimum Gasteiger partial charge on any atom is -0.376 e. The Balaban J connectivity index is 1.97. The van der Waals surface area contributed by atoms with Gasteiger partial charge < -0.3 is 11.1 Å². The second-order valence-electron chi connectivity index (χ2n) is 5.10. The summed E-state index contributed by atoms with van der Waals surface area (Å²) >= 11 is 5.37. The van der Waals surface area contributed by atoms with Gasteiger partial charge in [0.15, 0.2) is 0 Å². The molecule has 0 aliphatic rings. The summed E-state index contributed by atoms with van der Waals surface area (Å²) in [6.45, 7) is 2.65. The fraction of sp³-hybridized carbons (Fsp3) is 0.176. The minimum absolute atomic E-state index is 0.110. The van der Waals surface area contributed by atoms with Crippen LogP contribution in [-0.4, -0.2) is 6.54 Å². The zero-order chi connectivity index (χ0) is 14.8. The molecule has 2 aromatic carbocycles. The maximum Gasteiger partial charge on any atom is 0.0650 e. The number of hydrogen-bond acceptors (Lipinski definition) is 3. The molecule has 108 valence electrons. The highest BCUT2D eigenvalue weighted by molar-refractivity contribution is 9.10. The van der Waals surface area contributed by atoms with Gasteiger partial charge >= 0.3 is 0 Å². The fourth-order valence-electron chi connectivity index (χ4n) is 2.47. The smallest absolute Gasteiger partial charge is 0.0650 e. The summed E-state index contributed by atoms with van der Waals surface area (Å²) in [5.41, 5.74) is 9.60. The molecule has 0 aliphatic heterocycles. The number of anilines is 1. The molecule has 4 heteroatoms. The van der Waals surface area contributed by atoms with E-state index < -0.39 is 0 Å². The molecular weight excluding hydrogens is 344 g/mol. The number of halogens is 1. The Morgan fingerprint density at radius 1 is 1.24 bits per heavy atom. The van der Waals surface area contributed by atoms with Crippen LogP contribution in [0, 0.1) is 6.92 Å². The Labute approximate surface area is 137 Å². The summed E-state index contributed by atoms with van der Waals surface area (Å²) in [7, 11) is 0. The van der Waals surface area contributed by atoms with Gasteiger partial charge in [0.25, 0.3) is 0 Å². The van der Waals surface area contributed by atoms with Gasteiger partial charge in [-0.25, -0.2) is 0 Å². The van der Waals surface area contributed by atoms with E-state index in [0.717, 1.165) is 10.2 Å². The Hall–Kier alpha value is -1.36. The lowest BCUT2D eigenvalue weighted by molar-refractivity contribution is 0.798. The van der Waals surface area contributed by atoms with Crippen LogP contribution in [0.4, 0.5) is 5.69 Å². The van der Waals surface area contributed by atoms with Crippen molar-refractivity contribution in [2.24, 2.45) is 5.73 Å². The lowest BCUT2D eigenvalue weighted by Crippen LogP contribution is -2.20. The number of fused-ring (bicyclic) bond motifs is 1. The van der Waals surface area contributed by atoms with Crippen LogP contribution >= 0.6 is 27.3 Å². The molecule has 0 radical (unpaired) electrons. The number of rotatable bonds is 4. The van der Waals surface area contributed by atoms with E-state index in [1.807, 2.05) is 0 Å². The van der Waals surface area contributed by atoms with Gasteiger partial charge in [-0.1, -0.05) is 24.3 Å². The molecule has 1 atom stereocenters. The van der Waals surface area contributed by atoms with Gasteiger partial charge in [-0.3, -0.25) is 0 Å². The highest BCUT2D eigenvalue weighted by atomic mass is 79.9. The molecule has 21 heavy (non-hydrogen) atoms. The summed E-state index contributed by atoms with van der Waals surface area (Å²) in [6, 6.07) is 14.9. The first-order valence-electron chi connectivity index (χ1n) is 6.88. The first-order chi connectivity index (χ1) is 10.2. The second kappa shape index (κ2) is 6.18. The van der Waals surface area contributed by atoms with Crippen molar-refractivity contribution in [1.82, 2.24) is 0 Å². The molecule has 0 aliphatic carbocycles. The van der Waals surface area contributed by atoms with E-state index >= 15 is 0 Å². The van der Waals surface area contributed by atoms with E-state index in [4.69, 9.17) is 5.73 Å². The van der Waals surface area contributed by atoms with E-state index in [9.17, 15) is 0 Å². The standard InChI is InChI=1S/C17H17BrN2S/c1-11-6-7-14(18)15(8-11)20-16(9-19)13-10-21-17-5-3-2-4-12(13)17/h2-8,10,16,20H,9,19H2,1H3. The molecule has 3 aromatic rings. The number of hydrogen-bond donors (Lipinski definition) is 2. The number of nitrogens with two attached hydrogens (primary N) is 1. The molecule has 1 heterocycles. The molecular formula is C17H17BrN2S. The largest absolute Gasteiger partial charge is 0.376 e. The third-order valence-corrected chi connectivity index (χ3v) is 5.25. The number of aryl methyl sites for hydroxylation is 1. The van der Waals surface area contributed by atoms with E-state index in [1.165, 1.54) is 21.2 Å². The summed E-state index contributed by atoms with van der Waals surface area (Å²) in [6.07, 6.45) is 0.